The highest BCUT2D eigenvalue weighted by Gasteiger charge is 2.39. The molecule has 3 rings (SSSR count). The maximum Gasteiger partial charge on any atom is 0.387 e. The fourth-order valence-electron chi connectivity index (χ4n) is 3.88. The van der Waals surface area contributed by atoms with Gasteiger partial charge in [-0.25, -0.2) is 4.98 Å². The highest BCUT2D eigenvalue weighted by Crippen LogP contribution is 2.41. The Balaban J connectivity index is 1.84. The molecule has 0 aliphatic carbocycles. The number of para-hydroxylation sites is 1. The molecule has 0 amide bonds. The zero-order chi connectivity index (χ0) is 22.1. The van der Waals surface area contributed by atoms with Crippen molar-refractivity contribution in [1.82, 2.24) is 9.88 Å². The number of nitrogens with zero attached hydrogens (tertiary/aromatic N) is 2. The number of ether oxygens (including phenoxy) is 1. The highest BCUT2D eigenvalue weighted by molar-refractivity contribution is 7.15. The van der Waals surface area contributed by atoms with Crippen LogP contribution < -0.4 is 4.74 Å². The first-order chi connectivity index (χ1) is 14.1. The van der Waals surface area contributed by atoms with Crippen LogP contribution in [-0.2, 0) is 4.79 Å². The van der Waals surface area contributed by atoms with Crippen molar-refractivity contribution in [3.05, 3.63) is 35.3 Å². The van der Waals surface area contributed by atoms with E-state index < -0.39 is 18.5 Å². The van der Waals surface area contributed by atoms with E-state index in [1.807, 2.05) is 6.92 Å². The predicted molar refractivity (Wildman–Crippen MR) is 113 cm³/mol. The molecule has 0 spiro atoms. The molecule has 1 unspecified atom stereocenters. The van der Waals surface area contributed by atoms with Gasteiger partial charge in [-0.05, 0) is 36.8 Å². The zero-order valence-electron chi connectivity index (χ0n) is 17.6. The zero-order valence-corrected chi connectivity index (χ0v) is 18.5. The molecule has 0 radical (unpaired) electrons. The predicted octanol–water partition coefficient (Wildman–Crippen LogP) is 5.54. The molecule has 3 atom stereocenters. The van der Waals surface area contributed by atoms with Crippen molar-refractivity contribution in [1.29, 1.82) is 0 Å². The van der Waals surface area contributed by atoms with Crippen LogP contribution in [0.15, 0.2) is 30.5 Å². The van der Waals surface area contributed by atoms with Gasteiger partial charge in [0.1, 0.15) is 10.8 Å². The van der Waals surface area contributed by atoms with Gasteiger partial charge in [0.25, 0.3) is 0 Å². The molecule has 1 N–H and O–H groups in total. The van der Waals surface area contributed by atoms with Gasteiger partial charge in [-0.3, -0.25) is 9.69 Å². The van der Waals surface area contributed by atoms with Gasteiger partial charge in [0.2, 0.25) is 0 Å². The number of hydrogen-bond donors (Lipinski definition) is 1. The topological polar surface area (TPSA) is 62.7 Å². The maximum atomic E-state index is 12.7. The summed E-state index contributed by atoms with van der Waals surface area (Å²) in [5, 5.41) is 10.2. The number of aliphatic carboxylic acids is 1. The number of piperidine rings is 1. The fraction of sp³-hybridized carbons (Fsp3) is 0.545. The minimum Gasteiger partial charge on any atom is -0.481 e. The number of alkyl halides is 2. The number of carboxylic acids is 1. The fourth-order valence-corrected chi connectivity index (χ4v) is 4.91. The first-order valence-electron chi connectivity index (χ1n) is 10.0. The third-order valence-corrected chi connectivity index (χ3v) is 7.07. The van der Waals surface area contributed by atoms with E-state index in [1.54, 1.807) is 24.4 Å². The Labute approximate surface area is 179 Å². The van der Waals surface area contributed by atoms with Crippen molar-refractivity contribution in [2.45, 2.75) is 46.8 Å². The molecule has 0 bridgehead atoms. The largest absolute Gasteiger partial charge is 0.481 e. The van der Waals surface area contributed by atoms with Crippen molar-refractivity contribution >= 4 is 17.3 Å². The van der Waals surface area contributed by atoms with E-state index in [0.717, 1.165) is 11.4 Å². The number of carbonyl (C=O) groups is 1. The van der Waals surface area contributed by atoms with Crippen LogP contribution in [0, 0.1) is 17.3 Å². The summed E-state index contributed by atoms with van der Waals surface area (Å²) in [6.45, 7) is 6.89. The van der Waals surface area contributed by atoms with Gasteiger partial charge in [-0.2, -0.15) is 8.78 Å². The van der Waals surface area contributed by atoms with Crippen molar-refractivity contribution in [3.8, 4) is 16.3 Å². The molecule has 1 aromatic heterocycles. The molecule has 30 heavy (non-hydrogen) atoms. The number of rotatable bonds is 6. The molecule has 0 saturated carbocycles. The summed E-state index contributed by atoms with van der Waals surface area (Å²) >= 11 is 1.42. The molecule has 1 aliphatic rings. The standard InChI is InChI=1S/C22H28F2N2O3S/c1-13(26-11-14(20(27)28)9-15(12-26)22(2,3)4)18-10-25-19(30-18)16-7-5-6-8-17(16)29-21(23)24/h5-8,10,13-15,21H,9,11-12H2,1-4H3,(H,27,28)/t13?,14-,15-/m1/s1. The van der Waals surface area contributed by atoms with Crippen LogP contribution in [0.25, 0.3) is 10.6 Å². The molecular weight excluding hydrogens is 410 g/mol. The Kier molecular flexibility index (Phi) is 6.77. The highest BCUT2D eigenvalue weighted by atomic mass is 32.1. The summed E-state index contributed by atoms with van der Waals surface area (Å²) in [6, 6.07) is 6.59. The van der Waals surface area contributed by atoms with Gasteiger partial charge in [0, 0.05) is 30.2 Å². The molecule has 1 aromatic carbocycles. The van der Waals surface area contributed by atoms with Gasteiger partial charge in [-0.15, -0.1) is 11.3 Å². The third-order valence-electron chi connectivity index (χ3n) is 5.87. The van der Waals surface area contributed by atoms with Crippen LogP contribution in [-0.4, -0.2) is 40.7 Å². The van der Waals surface area contributed by atoms with Crippen molar-refractivity contribution in [2.75, 3.05) is 13.1 Å². The van der Waals surface area contributed by atoms with E-state index in [2.05, 4.69) is 35.4 Å². The summed E-state index contributed by atoms with van der Waals surface area (Å²) < 4.78 is 30.1. The van der Waals surface area contributed by atoms with E-state index in [9.17, 15) is 18.7 Å². The number of aromatic nitrogens is 1. The number of benzene rings is 1. The summed E-state index contributed by atoms with van der Waals surface area (Å²) in [6.07, 6.45) is 2.43. The van der Waals surface area contributed by atoms with Gasteiger partial charge >= 0.3 is 12.6 Å². The molecule has 1 fully saturated rings. The Morgan fingerprint density at radius 2 is 2.00 bits per heavy atom. The number of hydrogen-bond acceptors (Lipinski definition) is 5. The first kappa shape index (κ1) is 22.6. The Hall–Kier alpha value is -2.06. The molecule has 164 valence electrons. The van der Waals surface area contributed by atoms with Gasteiger partial charge < -0.3 is 9.84 Å². The maximum absolute atomic E-state index is 12.7. The SMILES string of the molecule is CC(c1cnc(-c2ccccc2OC(F)F)s1)N1C[C@H](C(=O)O)C[C@@H](C(C)(C)C)C1. The molecule has 1 saturated heterocycles. The van der Waals surface area contributed by atoms with Crippen LogP contribution in [0.3, 0.4) is 0 Å². The van der Waals surface area contributed by atoms with Crippen LogP contribution >= 0.6 is 11.3 Å². The third kappa shape index (κ3) is 5.16. The minimum absolute atomic E-state index is 0.0104. The quantitative estimate of drug-likeness (QED) is 0.641. The molecule has 2 heterocycles. The molecular formula is C22H28F2N2O3S. The van der Waals surface area contributed by atoms with Crippen molar-refractivity contribution in [2.24, 2.45) is 17.3 Å². The van der Waals surface area contributed by atoms with E-state index >= 15 is 0 Å². The average molecular weight is 439 g/mol. The van der Waals surface area contributed by atoms with E-state index in [1.165, 1.54) is 17.4 Å². The lowest BCUT2D eigenvalue weighted by Gasteiger charge is -2.44. The Bertz CT molecular complexity index is 881. The summed E-state index contributed by atoms with van der Waals surface area (Å²) in [5.41, 5.74) is 0.534. The number of carboxylic acid groups (broad SMARTS) is 1. The van der Waals surface area contributed by atoms with Crippen LogP contribution in [0.4, 0.5) is 8.78 Å². The lowest BCUT2D eigenvalue weighted by Crippen LogP contribution is -2.47. The average Bonchev–Trinajstić information content (AvgIpc) is 3.16. The van der Waals surface area contributed by atoms with Gasteiger partial charge in [-0.1, -0.05) is 32.9 Å². The van der Waals surface area contributed by atoms with Crippen molar-refractivity contribution in [3.63, 3.8) is 0 Å². The summed E-state index contributed by atoms with van der Waals surface area (Å²) in [7, 11) is 0. The minimum atomic E-state index is -2.90. The van der Waals surface area contributed by atoms with Crippen molar-refractivity contribution < 1.29 is 23.4 Å². The number of halogens is 2. The lowest BCUT2D eigenvalue weighted by atomic mass is 9.73. The van der Waals surface area contributed by atoms with Crippen LogP contribution in [0.5, 0.6) is 5.75 Å². The van der Waals surface area contributed by atoms with E-state index in [0.29, 0.717) is 23.5 Å². The number of likely N-dealkylation sites (tertiary alicyclic amines) is 1. The van der Waals surface area contributed by atoms with E-state index in [4.69, 9.17) is 0 Å². The molecule has 5 nitrogen and oxygen atoms in total. The summed E-state index contributed by atoms with van der Waals surface area (Å²) in [4.78, 5) is 19.4. The smallest absolute Gasteiger partial charge is 0.387 e. The Morgan fingerprint density at radius 3 is 2.63 bits per heavy atom. The second-order valence-corrected chi connectivity index (χ2v) is 9.97. The molecule has 2 aromatic rings. The Morgan fingerprint density at radius 1 is 1.30 bits per heavy atom. The lowest BCUT2D eigenvalue weighted by molar-refractivity contribution is -0.145. The molecule has 1 aliphatic heterocycles. The van der Waals surface area contributed by atoms with Crippen LogP contribution in [0.1, 0.15) is 45.0 Å². The van der Waals surface area contributed by atoms with Gasteiger partial charge in [0.15, 0.2) is 0 Å². The van der Waals surface area contributed by atoms with Gasteiger partial charge in [0.05, 0.1) is 11.5 Å². The normalized spacial score (nSPS) is 21.6. The monoisotopic (exact) mass is 438 g/mol. The van der Waals surface area contributed by atoms with Crippen LogP contribution in [0.2, 0.25) is 0 Å². The first-order valence-corrected chi connectivity index (χ1v) is 10.8. The molecule has 8 heteroatoms. The summed E-state index contributed by atoms with van der Waals surface area (Å²) in [5.74, 6) is -0.803. The number of thiazole rings is 1. The van der Waals surface area contributed by atoms with E-state index in [-0.39, 0.29) is 23.1 Å². The second kappa shape index (κ2) is 8.98. The second-order valence-electron chi connectivity index (χ2n) is 8.91.